The highest BCUT2D eigenvalue weighted by Crippen LogP contribution is 2.22. The molecule has 6 nitrogen and oxygen atoms in total. The molecule has 2 N–H and O–H groups in total. The number of amides is 1. The topological polar surface area (TPSA) is 82.8 Å². The van der Waals surface area contributed by atoms with Gasteiger partial charge in [0.05, 0.1) is 13.1 Å². The van der Waals surface area contributed by atoms with Crippen LogP contribution >= 0.6 is 11.3 Å². The summed E-state index contributed by atoms with van der Waals surface area (Å²) in [4.78, 5) is 26.8. The number of likely N-dealkylation sites (tertiary alicyclic amines) is 1. The third-order valence-electron chi connectivity index (χ3n) is 4.73. The van der Waals surface area contributed by atoms with Gasteiger partial charge in [-0.2, -0.15) is 0 Å². The van der Waals surface area contributed by atoms with Crippen LogP contribution in [0.4, 0.5) is 0 Å². The van der Waals surface area contributed by atoms with E-state index in [1.54, 1.807) is 17.4 Å². The Hall–Kier alpha value is -2.12. The van der Waals surface area contributed by atoms with E-state index < -0.39 is 5.97 Å². The molecule has 0 saturated carbocycles. The van der Waals surface area contributed by atoms with Gasteiger partial charge in [0, 0.05) is 10.9 Å². The summed E-state index contributed by atoms with van der Waals surface area (Å²) in [6.07, 6.45) is 5.62. The second kappa shape index (κ2) is 9.00. The van der Waals surface area contributed by atoms with Crippen LogP contribution in [0.15, 0.2) is 34.1 Å². The van der Waals surface area contributed by atoms with Crippen LogP contribution in [-0.2, 0) is 17.8 Å². The summed E-state index contributed by atoms with van der Waals surface area (Å²) in [5.41, 5.74) is 0. The molecule has 0 bridgehead atoms. The number of carbonyl (C=O) groups excluding carboxylic acids is 1. The van der Waals surface area contributed by atoms with Gasteiger partial charge in [-0.15, -0.1) is 11.3 Å². The molecule has 1 aliphatic rings. The Morgan fingerprint density at radius 2 is 2.19 bits per heavy atom. The first-order valence-corrected chi connectivity index (χ1v) is 9.85. The van der Waals surface area contributed by atoms with Crippen LogP contribution in [0.3, 0.4) is 0 Å². The molecule has 0 aromatic carbocycles. The molecular formula is C19H24N2O4S. The predicted octanol–water partition coefficient (Wildman–Crippen LogP) is 3.14. The number of carbonyl (C=O) groups is 2. The molecule has 2 aromatic rings. The number of carboxylic acids is 1. The first kappa shape index (κ1) is 18.7. The molecule has 0 aliphatic carbocycles. The average Bonchev–Trinajstić information content (AvgIpc) is 3.31. The van der Waals surface area contributed by atoms with Crippen LogP contribution in [0.1, 0.15) is 46.9 Å². The Labute approximate surface area is 156 Å². The number of nitrogens with one attached hydrogen (secondary N) is 1. The van der Waals surface area contributed by atoms with Gasteiger partial charge in [-0.25, -0.2) is 4.79 Å². The molecule has 1 amide bonds. The predicted molar refractivity (Wildman–Crippen MR) is 99.4 cm³/mol. The number of nitrogens with zero attached hydrogens (tertiary/aromatic N) is 1. The van der Waals surface area contributed by atoms with Crippen molar-refractivity contribution in [1.82, 2.24) is 10.2 Å². The first-order valence-electron chi connectivity index (χ1n) is 8.97. The Morgan fingerprint density at radius 1 is 1.31 bits per heavy atom. The summed E-state index contributed by atoms with van der Waals surface area (Å²) < 4.78 is 5.16. The SMILES string of the molecule is O=C(CN1CCCCC1CCc1cccs1)NCc1ccc(C(=O)O)o1. The third kappa shape index (κ3) is 5.19. The summed E-state index contributed by atoms with van der Waals surface area (Å²) in [6, 6.07) is 7.66. The number of hydrogen-bond acceptors (Lipinski definition) is 5. The quantitative estimate of drug-likeness (QED) is 0.740. The van der Waals surface area contributed by atoms with E-state index in [1.807, 2.05) is 0 Å². The lowest BCUT2D eigenvalue weighted by Crippen LogP contribution is -2.45. The van der Waals surface area contributed by atoms with Gasteiger partial charge in [-0.3, -0.25) is 9.69 Å². The average molecular weight is 376 g/mol. The molecule has 1 saturated heterocycles. The van der Waals surface area contributed by atoms with E-state index in [1.165, 1.54) is 17.4 Å². The molecule has 0 spiro atoms. The summed E-state index contributed by atoms with van der Waals surface area (Å²) in [6.45, 7) is 1.54. The van der Waals surface area contributed by atoms with Gasteiger partial charge in [-0.1, -0.05) is 12.5 Å². The number of carboxylic acid groups (broad SMARTS) is 1. The minimum Gasteiger partial charge on any atom is -0.475 e. The summed E-state index contributed by atoms with van der Waals surface area (Å²) >= 11 is 1.79. The highest BCUT2D eigenvalue weighted by molar-refractivity contribution is 7.09. The maximum absolute atomic E-state index is 12.3. The fraction of sp³-hybridized carbons (Fsp3) is 0.474. The fourth-order valence-electron chi connectivity index (χ4n) is 3.37. The number of thiophene rings is 1. The van der Waals surface area contributed by atoms with E-state index in [2.05, 4.69) is 27.7 Å². The van der Waals surface area contributed by atoms with Crippen molar-refractivity contribution in [2.75, 3.05) is 13.1 Å². The van der Waals surface area contributed by atoms with Gasteiger partial charge in [0.25, 0.3) is 0 Å². The van der Waals surface area contributed by atoms with E-state index in [0.717, 1.165) is 32.2 Å². The number of rotatable bonds is 8. The lowest BCUT2D eigenvalue weighted by molar-refractivity contribution is -0.123. The van der Waals surface area contributed by atoms with Crippen LogP contribution in [0.25, 0.3) is 0 Å². The van der Waals surface area contributed by atoms with Crippen LogP contribution in [0.2, 0.25) is 0 Å². The number of furan rings is 1. The van der Waals surface area contributed by atoms with Gasteiger partial charge in [0.15, 0.2) is 0 Å². The van der Waals surface area contributed by atoms with E-state index >= 15 is 0 Å². The summed E-state index contributed by atoms with van der Waals surface area (Å²) in [5, 5.41) is 13.8. The van der Waals surface area contributed by atoms with Crippen molar-refractivity contribution >= 4 is 23.2 Å². The van der Waals surface area contributed by atoms with Gasteiger partial charge in [0.2, 0.25) is 11.7 Å². The van der Waals surface area contributed by atoms with Crippen molar-refractivity contribution < 1.29 is 19.1 Å². The first-order chi connectivity index (χ1) is 12.6. The standard InChI is InChI=1S/C19H24N2O4S/c22-18(20-12-15-7-9-17(25-15)19(23)24)13-21-10-2-1-4-14(21)6-8-16-5-3-11-26-16/h3,5,7,9,11,14H,1-2,4,6,8,10,12-13H2,(H,20,22)(H,23,24). The van der Waals surface area contributed by atoms with Crippen molar-refractivity contribution in [3.05, 3.63) is 46.0 Å². The summed E-state index contributed by atoms with van der Waals surface area (Å²) in [5.74, 6) is -0.826. The van der Waals surface area contributed by atoms with Crippen LogP contribution in [-0.4, -0.2) is 41.0 Å². The zero-order chi connectivity index (χ0) is 18.4. The molecule has 3 rings (SSSR count). The van der Waals surface area contributed by atoms with Crippen molar-refractivity contribution in [2.24, 2.45) is 0 Å². The molecule has 3 heterocycles. The van der Waals surface area contributed by atoms with E-state index in [-0.39, 0.29) is 18.2 Å². The minimum atomic E-state index is -1.11. The molecule has 1 unspecified atom stereocenters. The fourth-order valence-corrected chi connectivity index (χ4v) is 4.10. The third-order valence-corrected chi connectivity index (χ3v) is 5.67. The van der Waals surface area contributed by atoms with Crippen LogP contribution < -0.4 is 5.32 Å². The zero-order valence-electron chi connectivity index (χ0n) is 14.6. The van der Waals surface area contributed by atoms with Crippen molar-refractivity contribution in [3.63, 3.8) is 0 Å². The lowest BCUT2D eigenvalue weighted by atomic mass is 9.97. The Kier molecular flexibility index (Phi) is 6.46. The second-order valence-electron chi connectivity index (χ2n) is 6.59. The minimum absolute atomic E-state index is 0.0544. The molecular weight excluding hydrogens is 352 g/mol. The van der Waals surface area contributed by atoms with Crippen molar-refractivity contribution in [1.29, 1.82) is 0 Å². The maximum Gasteiger partial charge on any atom is 0.371 e. The number of piperidine rings is 1. The Bertz CT molecular complexity index is 726. The van der Waals surface area contributed by atoms with E-state index in [0.29, 0.717) is 18.3 Å². The molecule has 2 aromatic heterocycles. The molecule has 1 atom stereocenters. The molecule has 26 heavy (non-hydrogen) atoms. The second-order valence-corrected chi connectivity index (χ2v) is 7.62. The van der Waals surface area contributed by atoms with Crippen LogP contribution in [0, 0.1) is 0 Å². The molecule has 140 valence electrons. The molecule has 7 heteroatoms. The summed E-state index contributed by atoms with van der Waals surface area (Å²) in [7, 11) is 0. The van der Waals surface area contributed by atoms with Crippen molar-refractivity contribution in [3.8, 4) is 0 Å². The maximum atomic E-state index is 12.3. The monoisotopic (exact) mass is 376 g/mol. The smallest absolute Gasteiger partial charge is 0.371 e. The van der Waals surface area contributed by atoms with Crippen LogP contribution in [0.5, 0.6) is 0 Å². The molecule has 1 aliphatic heterocycles. The number of hydrogen-bond donors (Lipinski definition) is 2. The van der Waals surface area contributed by atoms with Gasteiger partial charge < -0.3 is 14.8 Å². The normalized spacial score (nSPS) is 17.9. The van der Waals surface area contributed by atoms with Gasteiger partial charge >= 0.3 is 5.97 Å². The lowest BCUT2D eigenvalue weighted by Gasteiger charge is -2.35. The van der Waals surface area contributed by atoms with Gasteiger partial charge in [0.1, 0.15) is 5.76 Å². The van der Waals surface area contributed by atoms with Gasteiger partial charge in [-0.05, 0) is 55.8 Å². The highest BCUT2D eigenvalue weighted by Gasteiger charge is 2.24. The zero-order valence-corrected chi connectivity index (χ0v) is 15.5. The molecule has 0 radical (unpaired) electrons. The van der Waals surface area contributed by atoms with Crippen molar-refractivity contribution in [2.45, 2.75) is 44.7 Å². The molecule has 1 fully saturated rings. The van der Waals surface area contributed by atoms with E-state index in [9.17, 15) is 9.59 Å². The largest absolute Gasteiger partial charge is 0.475 e. The highest BCUT2D eigenvalue weighted by atomic mass is 32.1. The number of aromatic carboxylic acids is 1. The van der Waals surface area contributed by atoms with E-state index in [4.69, 9.17) is 9.52 Å². The Balaban J connectivity index is 1.46. The number of aryl methyl sites for hydroxylation is 1. The Morgan fingerprint density at radius 3 is 2.92 bits per heavy atom.